The fraction of sp³-hybridized carbons (Fsp3) is 0.583. The molecule has 3 rings (SSSR count). The normalized spacial score (nSPS) is 27.1. The molecule has 4 heteroatoms. The monoisotopic (exact) mass is 219 g/mol. The van der Waals surface area contributed by atoms with Crippen molar-refractivity contribution in [1.82, 2.24) is 4.98 Å². The fourth-order valence-electron chi connectivity index (χ4n) is 2.70. The molecule has 16 heavy (non-hydrogen) atoms. The van der Waals surface area contributed by atoms with Crippen LogP contribution >= 0.6 is 0 Å². The molecule has 1 fully saturated rings. The van der Waals surface area contributed by atoms with Crippen molar-refractivity contribution in [3.05, 3.63) is 12.1 Å². The number of ether oxygens (including phenoxy) is 1. The van der Waals surface area contributed by atoms with Crippen LogP contribution in [0.4, 0.5) is 11.5 Å². The van der Waals surface area contributed by atoms with E-state index >= 15 is 0 Å². The lowest BCUT2D eigenvalue weighted by Crippen LogP contribution is -2.25. The average Bonchev–Trinajstić information content (AvgIpc) is 2.68. The Hall–Kier alpha value is -1.45. The summed E-state index contributed by atoms with van der Waals surface area (Å²) in [4.78, 5) is 4.46. The zero-order valence-electron chi connectivity index (χ0n) is 9.49. The Balaban J connectivity index is 1.91. The van der Waals surface area contributed by atoms with Crippen molar-refractivity contribution in [3.8, 4) is 5.88 Å². The number of anilines is 2. The van der Waals surface area contributed by atoms with E-state index in [-0.39, 0.29) is 0 Å². The highest BCUT2D eigenvalue weighted by atomic mass is 16.5. The van der Waals surface area contributed by atoms with Gasteiger partial charge in [0.25, 0.3) is 0 Å². The molecule has 1 aliphatic heterocycles. The third-order valence-electron chi connectivity index (χ3n) is 3.61. The van der Waals surface area contributed by atoms with Crippen LogP contribution in [0.1, 0.15) is 19.3 Å². The SMILES string of the molecule is COc1ccc2c(n1)NC1CCCC1CN2. The van der Waals surface area contributed by atoms with E-state index in [1.165, 1.54) is 19.3 Å². The molecule has 1 saturated carbocycles. The first kappa shape index (κ1) is 9.75. The van der Waals surface area contributed by atoms with Gasteiger partial charge in [0.2, 0.25) is 5.88 Å². The molecule has 0 bridgehead atoms. The minimum absolute atomic E-state index is 0.577. The number of fused-ring (bicyclic) bond motifs is 2. The molecule has 2 atom stereocenters. The van der Waals surface area contributed by atoms with Crippen LogP contribution in [-0.4, -0.2) is 24.7 Å². The second-order valence-electron chi connectivity index (χ2n) is 4.57. The van der Waals surface area contributed by atoms with Crippen molar-refractivity contribution < 1.29 is 4.74 Å². The van der Waals surface area contributed by atoms with Gasteiger partial charge in [-0.05, 0) is 24.8 Å². The van der Waals surface area contributed by atoms with Gasteiger partial charge in [-0.15, -0.1) is 0 Å². The molecule has 0 radical (unpaired) electrons. The van der Waals surface area contributed by atoms with Crippen molar-refractivity contribution in [2.24, 2.45) is 5.92 Å². The van der Waals surface area contributed by atoms with Crippen LogP contribution in [0.25, 0.3) is 0 Å². The molecule has 1 aromatic heterocycles. The number of hydrogen-bond acceptors (Lipinski definition) is 4. The molecule has 0 aromatic carbocycles. The van der Waals surface area contributed by atoms with Crippen LogP contribution in [0.5, 0.6) is 5.88 Å². The molecule has 0 saturated heterocycles. The van der Waals surface area contributed by atoms with Crippen molar-refractivity contribution in [3.63, 3.8) is 0 Å². The maximum absolute atomic E-state index is 5.15. The molecular formula is C12H17N3O. The highest BCUT2D eigenvalue weighted by Crippen LogP contribution is 2.34. The highest BCUT2D eigenvalue weighted by Gasteiger charge is 2.30. The summed E-state index contributed by atoms with van der Waals surface area (Å²) in [6.45, 7) is 1.05. The van der Waals surface area contributed by atoms with Crippen molar-refractivity contribution in [1.29, 1.82) is 0 Å². The van der Waals surface area contributed by atoms with Gasteiger partial charge in [-0.25, -0.2) is 0 Å². The molecular weight excluding hydrogens is 202 g/mol. The van der Waals surface area contributed by atoms with Gasteiger partial charge < -0.3 is 15.4 Å². The minimum Gasteiger partial charge on any atom is -0.481 e. The third kappa shape index (κ3) is 1.58. The molecule has 0 amide bonds. The van der Waals surface area contributed by atoms with Crippen LogP contribution in [0.3, 0.4) is 0 Å². The summed E-state index contributed by atoms with van der Waals surface area (Å²) in [5.41, 5.74) is 1.09. The number of rotatable bonds is 1. The van der Waals surface area contributed by atoms with E-state index in [9.17, 15) is 0 Å². The molecule has 2 unspecified atom stereocenters. The number of nitrogens with zero attached hydrogens (tertiary/aromatic N) is 1. The Morgan fingerprint density at radius 3 is 3.19 bits per heavy atom. The van der Waals surface area contributed by atoms with Gasteiger partial charge in [0.05, 0.1) is 12.8 Å². The van der Waals surface area contributed by atoms with Crippen LogP contribution in [0.15, 0.2) is 12.1 Å². The lowest BCUT2D eigenvalue weighted by molar-refractivity contribution is 0.398. The predicted molar refractivity (Wildman–Crippen MR) is 64.0 cm³/mol. The standard InChI is InChI=1S/C12H17N3O/c1-16-11-6-5-10-12(15-11)14-9-4-2-3-8(9)7-13-10/h5-6,8-9,13H,2-4,7H2,1H3,(H,14,15). The molecule has 86 valence electrons. The first-order valence-corrected chi connectivity index (χ1v) is 5.92. The van der Waals surface area contributed by atoms with Gasteiger partial charge in [0.1, 0.15) is 0 Å². The van der Waals surface area contributed by atoms with Crippen LogP contribution in [-0.2, 0) is 0 Å². The number of nitrogens with one attached hydrogen (secondary N) is 2. The van der Waals surface area contributed by atoms with E-state index in [1.54, 1.807) is 7.11 Å². The average molecular weight is 219 g/mol. The van der Waals surface area contributed by atoms with Crippen molar-refractivity contribution in [2.45, 2.75) is 25.3 Å². The van der Waals surface area contributed by atoms with E-state index < -0.39 is 0 Å². The van der Waals surface area contributed by atoms with E-state index in [4.69, 9.17) is 4.74 Å². The number of aromatic nitrogens is 1. The molecule has 4 nitrogen and oxygen atoms in total. The summed E-state index contributed by atoms with van der Waals surface area (Å²) in [5, 5.41) is 7.01. The summed E-state index contributed by atoms with van der Waals surface area (Å²) < 4.78 is 5.15. The zero-order valence-corrected chi connectivity index (χ0v) is 9.49. The minimum atomic E-state index is 0.577. The van der Waals surface area contributed by atoms with Gasteiger partial charge in [0, 0.05) is 18.7 Å². The van der Waals surface area contributed by atoms with Gasteiger partial charge >= 0.3 is 0 Å². The Bertz CT molecular complexity index is 394. The quantitative estimate of drug-likeness (QED) is 0.759. The summed E-state index contributed by atoms with van der Waals surface area (Å²) in [6, 6.07) is 4.51. The maximum atomic E-state index is 5.15. The summed E-state index contributed by atoms with van der Waals surface area (Å²) in [6.07, 6.45) is 3.89. The zero-order chi connectivity index (χ0) is 11.0. The van der Waals surface area contributed by atoms with Gasteiger partial charge in [-0.1, -0.05) is 6.42 Å². The Kier molecular flexibility index (Phi) is 2.35. The second kappa shape index (κ2) is 3.85. The topological polar surface area (TPSA) is 46.2 Å². The Morgan fingerprint density at radius 2 is 2.31 bits per heavy atom. The molecule has 0 spiro atoms. The third-order valence-corrected chi connectivity index (χ3v) is 3.61. The fourth-order valence-corrected chi connectivity index (χ4v) is 2.70. The van der Waals surface area contributed by atoms with Gasteiger partial charge in [0.15, 0.2) is 5.82 Å². The molecule has 2 aliphatic rings. The predicted octanol–water partition coefficient (Wildman–Crippen LogP) is 2.10. The highest BCUT2D eigenvalue weighted by molar-refractivity contribution is 5.66. The largest absolute Gasteiger partial charge is 0.481 e. The Morgan fingerprint density at radius 1 is 1.38 bits per heavy atom. The number of pyridine rings is 1. The molecule has 1 aliphatic carbocycles. The first-order chi connectivity index (χ1) is 7.86. The number of hydrogen-bond donors (Lipinski definition) is 2. The van der Waals surface area contributed by atoms with Crippen LogP contribution < -0.4 is 15.4 Å². The Labute approximate surface area is 95.4 Å². The summed E-state index contributed by atoms with van der Waals surface area (Å²) >= 11 is 0. The van der Waals surface area contributed by atoms with Crippen LogP contribution in [0, 0.1) is 5.92 Å². The summed E-state index contributed by atoms with van der Waals surface area (Å²) in [7, 11) is 1.65. The molecule has 2 N–H and O–H groups in total. The smallest absolute Gasteiger partial charge is 0.215 e. The van der Waals surface area contributed by atoms with E-state index in [1.807, 2.05) is 12.1 Å². The molecule has 1 aromatic rings. The molecule has 2 heterocycles. The first-order valence-electron chi connectivity index (χ1n) is 5.92. The summed E-state index contributed by atoms with van der Waals surface area (Å²) in [5.74, 6) is 2.35. The number of methoxy groups -OCH3 is 1. The van der Waals surface area contributed by atoms with E-state index in [2.05, 4.69) is 15.6 Å². The second-order valence-corrected chi connectivity index (χ2v) is 4.57. The van der Waals surface area contributed by atoms with Gasteiger partial charge in [-0.2, -0.15) is 4.98 Å². The van der Waals surface area contributed by atoms with Crippen molar-refractivity contribution >= 4 is 11.5 Å². The lowest BCUT2D eigenvalue weighted by Gasteiger charge is -2.17. The van der Waals surface area contributed by atoms with E-state index in [0.717, 1.165) is 24.0 Å². The van der Waals surface area contributed by atoms with Crippen LogP contribution in [0.2, 0.25) is 0 Å². The van der Waals surface area contributed by atoms with Crippen molar-refractivity contribution in [2.75, 3.05) is 24.3 Å². The van der Waals surface area contributed by atoms with E-state index in [0.29, 0.717) is 11.9 Å². The van der Waals surface area contributed by atoms with Gasteiger partial charge in [-0.3, -0.25) is 0 Å². The lowest BCUT2D eigenvalue weighted by atomic mass is 10.0. The maximum Gasteiger partial charge on any atom is 0.215 e.